The Labute approximate surface area is 190 Å². The van der Waals surface area contributed by atoms with Crippen LogP contribution in [0.25, 0.3) is 0 Å². The second-order valence-corrected chi connectivity index (χ2v) is 8.56. The lowest BCUT2D eigenvalue weighted by atomic mass is 10.1. The first-order valence-corrected chi connectivity index (χ1v) is 11.3. The molecule has 0 aliphatic carbocycles. The Bertz CT molecular complexity index is 1260. The summed E-state index contributed by atoms with van der Waals surface area (Å²) >= 11 is 0. The predicted octanol–water partition coefficient (Wildman–Crippen LogP) is 1.96. The van der Waals surface area contributed by atoms with Gasteiger partial charge < -0.3 is 10.1 Å². The number of nitrogens with one attached hydrogen (secondary N) is 2. The predicted molar refractivity (Wildman–Crippen MR) is 119 cm³/mol. The lowest BCUT2D eigenvalue weighted by Crippen LogP contribution is -2.31. The number of ether oxygens (including phenoxy) is 1. The molecular formula is C23H21N3O6S. The lowest BCUT2D eigenvalue weighted by molar-refractivity contribution is 0.0593. The number of rotatable bonds is 8. The van der Waals surface area contributed by atoms with Crippen molar-refractivity contribution in [1.82, 2.24) is 15.0 Å². The number of amides is 2. The van der Waals surface area contributed by atoms with Gasteiger partial charge in [0.25, 0.3) is 21.8 Å². The summed E-state index contributed by atoms with van der Waals surface area (Å²) in [5, 5.41) is 2.74. The molecule has 10 heteroatoms. The summed E-state index contributed by atoms with van der Waals surface area (Å²) in [7, 11) is -3.07. The minimum absolute atomic E-state index is 0.0251. The average Bonchev–Trinajstić information content (AvgIpc) is 2.84. The van der Waals surface area contributed by atoms with Crippen molar-refractivity contribution in [3.63, 3.8) is 0 Å². The molecule has 33 heavy (non-hydrogen) atoms. The molecule has 0 fully saturated rings. The Balaban J connectivity index is 1.65. The van der Waals surface area contributed by atoms with Gasteiger partial charge in [-0.15, -0.1) is 0 Å². The van der Waals surface area contributed by atoms with E-state index in [0.29, 0.717) is 13.0 Å². The molecule has 0 saturated carbocycles. The van der Waals surface area contributed by atoms with Crippen LogP contribution >= 0.6 is 0 Å². The van der Waals surface area contributed by atoms with Crippen LogP contribution in [0.2, 0.25) is 0 Å². The molecule has 170 valence electrons. The van der Waals surface area contributed by atoms with E-state index in [9.17, 15) is 22.8 Å². The second kappa shape index (κ2) is 10.5. The van der Waals surface area contributed by atoms with Crippen molar-refractivity contribution in [3.8, 4) is 0 Å². The van der Waals surface area contributed by atoms with E-state index in [2.05, 4.69) is 15.0 Å². The smallest absolute Gasteiger partial charge is 0.356 e. The van der Waals surface area contributed by atoms with E-state index in [4.69, 9.17) is 0 Å². The topological polar surface area (TPSA) is 132 Å². The van der Waals surface area contributed by atoms with Crippen LogP contribution in [-0.4, -0.2) is 44.8 Å². The second-order valence-electron chi connectivity index (χ2n) is 6.88. The van der Waals surface area contributed by atoms with Crippen LogP contribution in [0.1, 0.15) is 36.8 Å². The third-order valence-electron chi connectivity index (χ3n) is 4.60. The van der Waals surface area contributed by atoms with Crippen LogP contribution < -0.4 is 10.0 Å². The summed E-state index contributed by atoms with van der Waals surface area (Å²) in [5.74, 6) is -2.05. The highest BCUT2D eigenvalue weighted by Gasteiger charge is 2.21. The third-order valence-corrected chi connectivity index (χ3v) is 5.92. The van der Waals surface area contributed by atoms with Crippen LogP contribution in [0.3, 0.4) is 0 Å². The Hall–Kier alpha value is -4.05. The molecule has 0 unspecified atom stereocenters. The van der Waals surface area contributed by atoms with Gasteiger partial charge in [-0.25, -0.2) is 22.9 Å². The molecule has 1 aromatic heterocycles. The number of carbonyl (C=O) groups is 3. The number of methoxy groups -OCH3 is 1. The van der Waals surface area contributed by atoms with Crippen molar-refractivity contribution in [1.29, 1.82) is 0 Å². The van der Waals surface area contributed by atoms with Gasteiger partial charge in [-0.1, -0.05) is 36.4 Å². The van der Waals surface area contributed by atoms with Gasteiger partial charge in [-0.3, -0.25) is 9.59 Å². The van der Waals surface area contributed by atoms with Gasteiger partial charge in [0, 0.05) is 18.3 Å². The molecule has 1 heterocycles. The first-order valence-electron chi connectivity index (χ1n) is 9.84. The number of pyridine rings is 1. The van der Waals surface area contributed by atoms with Gasteiger partial charge in [-0.05, 0) is 42.3 Å². The molecule has 2 N–H and O–H groups in total. The molecule has 0 saturated heterocycles. The molecule has 0 radical (unpaired) electrons. The van der Waals surface area contributed by atoms with E-state index >= 15 is 0 Å². The summed E-state index contributed by atoms with van der Waals surface area (Å²) in [6, 6.07) is 17.5. The van der Waals surface area contributed by atoms with Gasteiger partial charge in [0.1, 0.15) is 5.69 Å². The zero-order chi connectivity index (χ0) is 23.8. The van der Waals surface area contributed by atoms with Crippen molar-refractivity contribution in [2.24, 2.45) is 0 Å². The maximum absolute atomic E-state index is 12.7. The monoisotopic (exact) mass is 467 g/mol. The third kappa shape index (κ3) is 6.23. The molecule has 2 amide bonds. The molecule has 0 aliphatic heterocycles. The van der Waals surface area contributed by atoms with Gasteiger partial charge in [0.05, 0.1) is 17.6 Å². The highest BCUT2D eigenvalue weighted by molar-refractivity contribution is 7.90. The van der Waals surface area contributed by atoms with E-state index < -0.39 is 27.8 Å². The van der Waals surface area contributed by atoms with Crippen LogP contribution in [0.15, 0.2) is 77.8 Å². The summed E-state index contributed by atoms with van der Waals surface area (Å²) in [5.41, 5.74) is 1.11. The van der Waals surface area contributed by atoms with E-state index in [0.717, 1.165) is 11.8 Å². The molecule has 3 rings (SSSR count). The van der Waals surface area contributed by atoms with Gasteiger partial charge in [-0.2, -0.15) is 0 Å². The van der Waals surface area contributed by atoms with E-state index in [1.54, 1.807) is 0 Å². The Morgan fingerprint density at radius 1 is 0.909 bits per heavy atom. The fraction of sp³-hybridized carbons (Fsp3) is 0.130. The van der Waals surface area contributed by atoms with E-state index in [1.807, 2.05) is 35.1 Å². The zero-order valence-electron chi connectivity index (χ0n) is 17.6. The number of esters is 1. The average molecular weight is 468 g/mol. The summed E-state index contributed by atoms with van der Waals surface area (Å²) in [4.78, 5) is 39.7. The van der Waals surface area contributed by atoms with Crippen LogP contribution in [0.5, 0.6) is 0 Å². The lowest BCUT2D eigenvalue weighted by Gasteiger charge is -2.09. The molecule has 0 spiro atoms. The van der Waals surface area contributed by atoms with Crippen molar-refractivity contribution in [2.45, 2.75) is 11.3 Å². The standard InChI is InChI=1S/C23H21N3O6S/c1-32-23(29)20-11-10-18(15-25-20)22(28)26-33(30,31)19-9-5-8-17(14-19)21(27)24-13-12-16-6-3-2-4-7-16/h2-11,14-15H,12-13H2,1H3,(H,24,27)(H,26,28). The minimum Gasteiger partial charge on any atom is -0.464 e. The summed E-state index contributed by atoms with van der Waals surface area (Å²) in [6.07, 6.45) is 1.69. The number of carbonyl (C=O) groups excluding carboxylic acids is 3. The Kier molecular flexibility index (Phi) is 7.52. The number of aromatic nitrogens is 1. The first kappa shape index (κ1) is 23.6. The quantitative estimate of drug-likeness (QED) is 0.484. The van der Waals surface area contributed by atoms with Crippen LogP contribution in [0.4, 0.5) is 0 Å². The number of benzene rings is 2. The highest BCUT2D eigenvalue weighted by Crippen LogP contribution is 2.13. The Morgan fingerprint density at radius 3 is 2.33 bits per heavy atom. The maximum atomic E-state index is 12.7. The molecule has 3 aromatic rings. The van der Waals surface area contributed by atoms with Crippen molar-refractivity contribution >= 4 is 27.8 Å². The molecule has 0 aliphatic rings. The van der Waals surface area contributed by atoms with Crippen molar-refractivity contribution in [3.05, 3.63) is 95.3 Å². The molecule has 0 atom stereocenters. The van der Waals surface area contributed by atoms with Crippen LogP contribution in [-0.2, 0) is 21.2 Å². The molecular weight excluding hydrogens is 446 g/mol. The SMILES string of the molecule is COC(=O)c1ccc(C(=O)NS(=O)(=O)c2cccc(C(=O)NCCc3ccccc3)c2)cn1. The van der Waals surface area contributed by atoms with Gasteiger partial charge >= 0.3 is 5.97 Å². The fourth-order valence-electron chi connectivity index (χ4n) is 2.86. The van der Waals surface area contributed by atoms with Crippen molar-refractivity contribution < 1.29 is 27.5 Å². The summed E-state index contributed by atoms with van der Waals surface area (Å²) < 4.78 is 31.8. The number of nitrogens with zero attached hydrogens (tertiary/aromatic N) is 1. The minimum atomic E-state index is -4.26. The molecule has 9 nitrogen and oxygen atoms in total. The fourth-order valence-corrected chi connectivity index (χ4v) is 3.88. The maximum Gasteiger partial charge on any atom is 0.356 e. The Morgan fingerprint density at radius 2 is 1.67 bits per heavy atom. The van der Waals surface area contributed by atoms with Crippen molar-refractivity contribution in [2.75, 3.05) is 13.7 Å². The zero-order valence-corrected chi connectivity index (χ0v) is 18.5. The summed E-state index contributed by atoms with van der Waals surface area (Å²) in [6.45, 7) is 0.380. The first-order chi connectivity index (χ1) is 15.8. The number of sulfonamides is 1. The van der Waals surface area contributed by atoms with E-state index in [1.165, 1.54) is 43.5 Å². The number of hydrogen-bond acceptors (Lipinski definition) is 7. The normalized spacial score (nSPS) is 10.8. The highest BCUT2D eigenvalue weighted by atomic mass is 32.2. The molecule has 2 aromatic carbocycles. The van der Waals surface area contributed by atoms with Gasteiger partial charge in [0.2, 0.25) is 0 Å². The molecule has 0 bridgehead atoms. The van der Waals surface area contributed by atoms with Crippen LogP contribution in [0, 0.1) is 0 Å². The van der Waals surface area contributed by atoms with Gasteiger partial charge in [0.15, 0.2) is 0 Å². The van der Waals surface area contributed by atoms with E-state index in [-0.39, 0.29) is 21.7 Å². The largest absolute Gasteiger partial charge is 0.464 e. The number of hydrogen-bond donors (Lipinski definition) is 2.